The number of hydrogen-bond donors (Lipinski definition) is 0. The maximum absolute atomic E-state index is 3.95. The second kappa shape index (κ2) is 5.86. The largest absolute Gasteiger partial charge is 0.0648 e. The minimum absolute atomic E-state index is 0.683. The second-order valence-electron chi connectivity index (χ2n) is 4.67. The lowest BCUT2D eigenvalue weighted by atomic mass is 9.88. The first-order valence-electron chi connectivity index (χ1n) is 6.63. The summed E-state index contributed by atoms with van der Waals surface area (Å²) in [6.07, 6.45) is 4.74. The van der Waals surface area contributed by atoms with Crippen molar-refractivity contribution in [3.63, 3.8) is 0 Å². The summed E-state index contributed by atoms with van der Waals surface area (Å²) in [5, 5.41) is 2.78. The van der Waals surface area contributed by atoms with Crippen LogP contribution in [0.25, 0.3) is 10.8 Å². The Morgan fingerprint density at radius 3 is 2.59 bits per heavy atom. The molecular weight excluding hydrogens is 204 g/mol. The summed E-state index contributed by atoms with van der Waals surface area (Å²) in [5.41, 5.74) is 1.51. The van der Waals surface area contributed by atoms with Gasteiger partial charge in [-0.25, -0.2) is 0 Å². The molecule has 1 unspecified atom stereocenters. The molecule has 0 aliphatic carbocycles. The molecule has 0 aliphatic rings. The van der Waals surface area contributed by atoms with E-state index in [1.54, 1.807) is 0 Å². The van der Waals surface area contributed by atoms with Crippen LogP contribution in [0.15, 0.2) is 42.5 Å². The zero-order chi connectivity index (χ0) is 12.1. The molecule has 0 nitrogen and oxygen atoms in total. The minimum Gasteiger partial charge on any atom is -0.0648 e. The molecule has 1 atom stereocenters. The van der Waals surface area contributed by atoms with Crippen LogP contribution in [0.2, 0.25) is 0 Å². The summed E-state index contributed by atoms with van der Waals surface area (Å²) in [6, 6.07) is 15.4. The van der Waals surface area contributed by atoms with Crippen molar-refractivity contribution >= 4 is 10.8 Å². The van der Waals surface area contributed by atoms with Crippen molar-refractivity contribution in [3.05, 3.63) is 55.0 Å². The summed E-state index contributed by atoms with van der Waals surface area (Å²) in [4.78, 5) is 0. The van der Waals surface area contributed by atoms with E-state index in [9.17, 15) is 0 Å². The van der Waals surface area contributed by atoms with Crippen LogP contribution in [0.5, 0.6) is 0 Å². The van der Waals surface area contributed by atoms with E-state index >= 15 is 0 Å². The lowest BCUT2D eigenvalue weighted by Gasteiger charge is -2.17. The smallest absolute Gasteiger partial charge is 0.0149 e. The van der Waals surface area contributed by atoms with Crippen LogP contribution in [0.3, 0.4) is 0 Å². The molecule has 0 fully saturated rings. The number of unbranched alkanes of at least 4 members (excludes halogenated alkanes) is 1. The van der Waals surface area contributed by atoms with E-state index in [4.69, 9.17) is 0 Å². The topological polar surface area (TPSA) is 0 Å². The molecule has 0 amide bonds. The Morgan fingerprint density at radius 1 is 1.06 bits per heavy atom. The molecule has 0 heterocycles. The highest BCUT2D eigenvalue weighted by molar-refractivity contribution is 5.86. The predicted octanol–water partition coefficient (Wildman–Crippen LogP) is 5.34. The zero-order valence-electron chi connectivity index (χ0n) is 10.7. The molecule has 0 aromatic heterocycles. The summed E-state index contributed by atoms with van der Waals surface area (Å²) in [7, 11) is 0. The third-order valence-electron chi connectivity index (χ3n) is 3.56. The Bertz CT molecular complexity index is 465. The number of benzene rings is 2. The highest BCUT2D eigenvalue weighted by atomic mass is 14.2. The molecule has 17 heavy (non-hydrogen) atoms. The van der Waals surface area contributed by atoms with Gasteiger partial charge in [0.15, 0.2) is 0 Å². The molecule has 0 saturated heterocycles. The molecule has 0 aliphatic heterocycles. The third-order valence-corrected chi connectivity index (χ3v) is 3.56. The Labute approximate surface area is 105 Å². The summed E-state index contributed by atoms with van der Waals surface area (Å²) < 4.78 is 0. The van der Waals surface area contributed by atoms with Crippen LogP contribution in [0.4, 0.5) is 0 Å². The van der Waals surface area contributed by atoms with Gasteiger partial charge in [-0.3, -0.25) is 0 Å². The Balaban J connectivity index is 2.38. The number of fused-ring (bicyclic) bond motifs is 1. The fourth-order valence-corrected chi connectivity index (χ4v) is 2.58. The van der Waals surface area contributed by atoms with E-state index < -0.39 is 0 Å². The van der Waals surface area contributed by atoms with E-state index in [2.05, 4.69) is 56.3 Å². The zero-order valence-corrected chi connectivity index (χ0v) is 10.7. The quantitative estimate of drug-likeness (QED) is 0.644. The fourth-order valence-electron chi connectivity index (χ4n) is 2.58. The highest BCUT2D eigenvalue weighted by Gasteiger charge is 2.11. The lowest BCUT2D eigenvalue weighted by molar-refractivity contribution is 0.582. The fraction of sp³-hybridized carbons (Fsp3) is 0.353. The van der Waals surface area contributed by atoms with E-state index in [0.717, 1.165) is 6.42 Å². The molecule has 89 valence electrons. The van der Waals surface area contributed by atoms with Crippen LogP contribution < -0.4 is 0 Å². The summed E-state index contributed by atoms with van der Waals surface area (Å²) in [5.74, 6) is 0.683. The van der Waals surface area contributed by atoms with Gasteiger partial charge >= 0.3 is 0 Å². The molecule has 2 aromatic carbocycles. The van der Waals surface area contributed by atoms with Gasteiger partial charge in [-0.15, -0.1) is 0 Å². The van der Waals surface area contributed by atoms with Crippen LogP contribution in [0.1, 0.15) is 44.1 Å². The molecule has 0 spiro atoms. The second-order valence-corrected chi connectivity index (χ2v) is 4.67. The Morgan fingerprint density at radius 2 is 1.82 bits per heavy atom. The van der Waals surface area contributed by atoms with Crippen molar-refractivity contribution < 1.29 is 0 Å². The molecular formula is C17H21. The summed E-state index contributed by atoms with van der Waals surface area (Å²) in [6.45, 7) is 6.24. The Hall–Kier alpha value is -1.30. The van der Waals surface area contributed by atoms with Crippen molar-refractivity contribution in [3.8, 4) is 0 Å². The maximum Gasteiger partial charge on any atom is -0.0149 e. The van der Waals surface area contributed by atoms with E-state index in [1.807, 2.05) is 0 Å². The first kappa shape index (κ1) is 12.2. The Kier molecular flexibility index (Phi) is 4.19. The number of hydrogen-bond acceptors (Lipinski definition) is 0. The molecule has 2 rings (SSSR count). The van der Waals surface area contributed by atoms with Crippen molar-refractivity contribution in [2.45, 2.75) is 38.5 Å². The van der Waals surface area contributed by atoms with Crippen molar-refractivity contribution in [1.82, 2.24) is 0 Å². The van der Waals surface area contributed by atoms with Gasteiger partial charge < -0.3 is 0 Å². The molecule has 0 heteroatoms. The molecule has 0 saturated carbocycles. The van der Waals surface area contributed by atoms with E-state index in [-0.39, 0.29) is 0 Å². The predicted molar refractivity (Wildman–Crippen MR) is 76.2 cm³/mol. The third kappa shape index (κ3) is 2.69. The van der Waals surface area contributed by atoms with Crippen molar-refractivity contribution in [2.75, 3.05) is 0 Å². The van der Waals surface area contributed by atoms with Crippen LogP contribution in [-0.4, -0.2) is 0 Å². The highest BCUT2D eigenvalue weighted by Crippen LogP contribution is 2.31. The molecule has 0 bridgehead atoms. The number of rotatable bonds is 5. The first-order chi connectivity index (χ1) is 8.36. The van der Waals surface area contributed by atoms with E-state index in [0.29, 0.717) is 5.92 Å². The van der Waals surface area contributed by atoms with Gasteiger partial charge in [0.1, 0.15) is 0 Å². The molecule has 0 N–H and O–H groups in total. The van der Waals surface area contributed by atoms with Gasteiger partial charge in [-0.2, -0.15) is 0 Å². The van der Waals surface area contributed by atoms with Gasteiger partial charge in [-0.1, -0.05) is 69.2 Å². The first-order valence-corrected chi connectivity index (χ1v) is 6.63. The lowest BCUT2D eigenvalue weighted by Crippen LogP contribution is -1.98. The minimum atomic E-state index is 0.683. The molecule has 1 radical (unpaired) electrons. The van der Waals surface area contributed by atoms with Crippen LogP contribution >= 0.6 is 0 Å². The van der Waals surface area contributed by atoms with E-state index in [1.165, 1.54) is 35.6 Å². The van der Waals surface area contributed by atoms with Crippen molar-refractivity contribution in [2.24, 2.45) is 0 Å². The van der Waals surface area contributed by atoms with Gasteiger partial charge in [-0.05, 0) is 35.1 Å². The SMILES string of the molecule is [CH2]CCCC(CC)c1cccc2ccccc12. The van der Waals surface area contributed by atoms with Gasteiger partial charge in [0.2, 0.25) is 0 Å². The van der Waals surface area contributed by atoms with Crippen LogP contribution in [0, 0.1) is 6.92 Å². The normalized spacial score (nSPS) is 12.8. The monoisotopic (exact) mass is 225 g/mol. The summed E-state index contributed by atoms with van der Waals surface area (Å²) >= 11 is 0. The van der Waals surface area contributed by atoms with Gasteiger partial charge in [0.05, 0.1) is 0 Å². The van der Waals surface area contributed by atoms with Gasteiger partial charge in [0.25, 0.3) is 0 Å². The average molecular weight is 225 g/mol. The molecule has 2 aromatic rings. The average Bonchev–Trinajstić information content (AvgIpc) is 2.40. The maximum atomic E-state index is 3.95. The standard InChI is InChI=1S/C17H21/c1-3-5-9-14(4-2)16-13-8-11-15-10-6-7-12-17(15)16/h6-8,10-14H,1,3-5,9H2,2H3. The van der Waals surface area contributed by atoms with Crippen molar-refractivity contribution in [1.29, 1.82) is 0 Å². The van der Waals surface area contributed by atoms with Gasteiger partial charge in [0, 0.05) is 0 Å². The van der Waals surface area contributed by atoms with Crippen LogP contribution in [-0.2, 0) is 0 Å².